The summed E-state index contributed by atoms with van der Waals surface area (Å²) in [6.45, 7) is 4.01. The molecule has 4 aromatic carbocycles. The Kier molecular flexibility index (Phi) is 4.88. The maximum atomic E-state index is 13.0. The normalized spacial score (nSPS) is 12.1. The molecule has 0 saturated carbocycles. The minimum Gasteiger partial charge on any atom is -0.403 e. The van der Waals surface area contributed by atoms with Gasteiger partial charge in [0.05, 0.1) is 13.2 Å². The number of hydrogen-bond donors (Lipinski definition) is 0. The van der Waals surface area contributed by atoms with Crippen LogP contribution in [0.1, 0.15) is 13.8 Å². The summed E-state index contributed by atoms with van der Waals surface area (Å²) >= 11 is 0. The van der Waals surface area contributed by atoms with Gasteiger partial charge in [0.1, 0.15) is 5.75 Å². The molecule has 0 amide bonds. The van der Waals surface area contributed by atoms with Crippen LogP contribution in [0.15, 0.2) is 66.7 Å². The molecule has 0 aliphatic rings. The van der Waals surface area contributed by atoms with Crippen molar-refractivity contribution in [2.45, 2.75) is 13.8 Å². The highest BCUT2D eigenvalue weighted by atomic mass is 31.2. The zero-order valence-corrected chi connectivity index (χ0v) is 16.2. The number of phosphoric acid groups is 1. The van der Waals surface area contributed by atoms with Crippen LogP contribution in [-0.4, -0.2) is 13.2 Å². The first-order chi connectivity index (χ1) is 13.1. The van der Waals surface area contributed by atoms with Gasteiger partial charge in [0, 0.05) is 10.8 Å². The molecule has 0 unspecified atom stereocenters. The van der Waals surface area contributed by atoms with E-state index in [-0.39, 0.29) is 13.2 Å². The topological polar surface area (TPSA) is 44.8 Å². The van der Waals surface area contributed by atoms with Crippen LogP contribution < -0.4 is 4.52 Å². The molecule has 0 bridgehead atoms. The van der Waals surface area contributed by atoms with E-state index in [9.17, 15) is 4.57 Å². The highest BCUT2D eigenvalue weighted by Gasteiger charge is 2.28. The van der Waals surface area contributed by atoms with Crippen LogP contribution in [0.25, 0.3) is 32.3 Å². The minimum absolute atomic E-state index is 0.242. The van der Waals surface area contributed by atoms with Crippen molar-refractivity contribution in [2.75, 3.05) is 13.2 Å². The summed E-state index contributed by atoms with van der Waals surface area (Å²) in [4.78, 5) is 0. The van der Waals surface area contributed by atoms with Crippen molar-refractivity contribution in [3.05, 3.63) is 66.7 Å². The average Bonchev–Trinajstić information content (AvgIpc) is 2.68. The predicted molar refractivity (Wildman–Crippen MR) is 110 cm³/mol. The highest BCUT2D eigenvalue weighted by molar-refractivity contribution is 7.48. The number of rotatable bonds is 6. The van der Waals surface area contributed by atoms with Crippen LogP contribution >= 0.6 is 7.82 Å². The first kappa shape index (κ1) is 18.0. The van der Waals surface area contributed by atoms with Gasteiger partial charge in [-0.25, -0.2) is 4.57 Å². The molecule has 0 fully saturated rings. The standard InChI is InChI=1S/C22H21O4P/c1-3-24-27(23,25-4-2)26-21-15-17-10-6-8-12-19(17)22-18-11-7-5-9-16(18)13-14-20(21)22/h5-15H,3-4H2,1-2H3. The molecular formula is C22H21O4P. The Labute approximate surface area is 158 Å². The summed E-state index contributed by atoms with van der Waals surface area (Å²) in [5, 5.41) is 6.35. The summed E-state index contributed by atoms with van der Waals surface area (Å²) < 4.78 is 29.5. The van der Waals surface area contributed by atoms with Crippen LogP contribution in [0.2, 0.25) is 0 Å². The lowest BCUT2D eigenvalue weighted by Crippen LogP contribution is -2.03. The van der Waals surface area contributed by atoms with Gasteiger partial charge >= 0.3 is 7.82 Å². The smallest absolute Gasteiger partial charge is 0.403 e. The zero-order chi connectivity index (χ0) is 18.9. The molecule has 0 aliphatic carbocycles. The summed E-state index contributed by atoms with van der Waals surface area (Å²) in [7, 11) is -3.68. The van der Waals surface area contributed by atoms with Crippen molar-refractivity contribution in [1.29, 1.82) is 0 Å². The third-order valence-corrected chi connectivity index (χ3v) is 6.06. The molecule has 4 nitrogen and oxygen atoms in total. The monoisotopic (exact) mass is 380 g/mol. The van der Waals surface area contributed by atoms with Crippen molar-refractivity contribution in [2.24, 2.45) is 0 Å². The van der Waals surface area contributed by atoms with E-state index in [2.05, 4.69) is 18.2 Å². The maximum Gasteiger partial charge on any atom is 0.530 e. The third kappa shape index (κ3) is 3.32. The molecular weight excluding hydrogens is 359 g/mol. The molecule has 27 heavy (non-hydrogen) atoms. The fourth-order valence-electron chi connectivity index (χ4n) is 3.44. The van der Waals surface area contributed by atoms with E-state index >= 15 is 0 Å². The molecule has 0 radical (unpaired) electrons. The molecule has 4 aromatic rings. The summed E-state index contributed by atoms with van der Waals surface area (Å²) in [5.74, 6) is 0.500. The van der Waals surface area contributed by atoms with Crippen molar-refractivity contribution < 1.29 is 18.1 Å². The lowest BCUT2D eigenvalue weighted by Gasteiger charge is -2.19. The van der Waals surface area contributed by atoms with Gasteiger partial charge in [-0.15, -0.1) is 0 Å². The van der Waals surface area contributed by atoms with Crippen LogP contribution in [0.3, 0.4) is 0 Å². The zero-order valence-electron chi connectivity index (χ0n) is 15.3. The largest absolute Gasteiger partial charge is 0.530 e. The van der Waals surface area contributed by atoms with Gasteiger partial charge in [-0.1, -0.05) is 54.6 Å². The van der Waals surface area contributed by atoms with Gasteiger partial charge in [-0.2, -0.15) is 0 Å². The van der Waals surface area contributed by atoms with Crippen LogP contribution in [0.4, 0.5) is 0 Å². The number of hydrogen-bond acceptors (Lipinski definition) is 4. The molecule has 0 heterocycles. The van der Waals surface area contributed by atoms with E-state index in [0.717, 1.165) is 32.3 Å². The molecule has 0 atom stereocenters. The Morgan fingerprint density at radius 3 is 2.00 bits per heavy atom. The molecule has 0 N–H and O–H groups in total. The van der Waals surface area contributed by atoms with Crippen LogP contribution in [-0.2, 0) is 13.6 Å². The summed E-state index contributed by atoms with van der Waals surface area (Å²) in [6, 6.07) is 22.3. The van der Waals surface area contributed by atoms with E-state index in [4.69, 9.17) is 13.6 Å². The molecule has 0 aromatic heterocycles. The lowest BCUT2D eigenvalue weighted by molar-refractivity contribution is 0.168. The average molecular weight is 380 g/mol. The fourth-order valence-corrected chi connectivity index (χ4v) is 4.64. The van der Waals surface area contributed by atoms with E-state index in [1.54, 1.807) is 13.8 Å². The first-order valence-corrected chi connectivity index (χ1v) is 10.5. The quantitative estimate of drug-likeness (QED) is 0.276. The highest BCUT2D eigenvalue weighted by Crippen LogP contribution is 2.51. The molecule has 5 heteroatoms. The molecule has 138 valence electrons. The Morgan fingerprint density at radius 2 is 1.33 bits per heavy atom. The van der Waals surface area contributed by atoms with Gasteiger partial charge < -0.3 is 4.52 Å². The number of fused-ring (bicyclic) bond motifs is 5. The molecule has 0 aliphatic heterocycles. The third-order valence-electron chi connectivity index (χ3n) is 4.50. The second-order valence-electron chi connectivity index (χ2n) is 6.18. The van der Waals surface area contributed by atoms with Gasteiger partial charge in [0.15, 0.2) is 0 Å². The molecule has 0 spiro atoms. The van der Waals surface area contributed by atoms with Crippen molar-refractivity contribution in [3.8, 4) is 5.75 Å². The Bertz CT molecular complexity index is 1140. The summed E-state index contributed by atoms with van der Waals surface area (Å²) in [6.07, 6.45) is 0. The first-order valence-electron chi connectivity index (χ1n) is 9.07. The van der Waals surface area contributed by atoms with E-state index in [1.165, 1.54) is 0 Å². The Balaban J connectivity index is 2.03. The fraction of sp³-hybridized carbons (Fsp3) is 0.182. The number of phosphoric ester groups is 1. The number of benzene rings is 4. The van der Waals surface area contributed by atoms with E-state index in [1.807, 2.05) is 48.5 Å². The SMILES string of the molecule is CCOP(=O)(OCC)Oc1cc2ccccc2c2c1ccc1ccccc12. The minimum atomic E-state index is -3.68. The Hall–Kier alpha value is -2.39. The van der Waals surface area contributed by atoms with Crippen molar-refractivity contribution >= 4 is 40.1 Å². The van der Waals surface area contributed by atoms with Crippen molar-refractivity contribution in [3.63, 3.8) is 0 Å². The van der Waals surface area contributed by atoms with Gasteiger partial charge in [-0.3, -0.25) is 9.05 Å². The maximum absolute atomic E-state index is 13.0. The van der Waals surface area contributed by atoms with Gasteiger partial charge in [-0.05, 0) is 47.5 Å². The predicted octanol–water partition coefficient (Wildman–Crippen LogP) is 6.71. The van der Waals surface area contributed by atoms with Gasteiger partial charge in [0.2, 0.25) is 0 Å². The van der Waals surface area contributed by atoms with E-state index < -0.39 is 7.82 Å². The lowest BCUT2D eigenvalue weighted by atomic mass is 9.96. The molecule has 0 saturated heterocycles. The van der Waals surface area contributed by atoms with Crippen molar-refractivity contribution in [1.82, 2.24) is 0 Å². The van der Waals surface area contributed by atoms with Crippen LogP contribution in [0, 0.1) is 0 Å². The van der Waals surface area contributed by atoms with Crippen LogP contribution in [0.5, 0.6) is 5.75 Å². The molecule has 4 rings (SSSR count). The van der Waals surface area contributed by atoms with Gasteiger partial charge in [0.25, 0.3) is 0 Å². The van der Waals surface area contributed by atoms with E-state index in [0.29, 0.717) is 5.75 Å². The second-order valence-corrected chi connectivity index (χ2v) is 7.77. The summed E-state index contributed by atoms with van der Waals surface area (Å²) in [5.41, 5.74) is 0. The Morgan fingerprint density at radius 1 is 0.741 bits per heavy atom. The second kappa shape index (κ2) is 7.32.